The molecule has 0 radical (unpaired) electrons. The van der Waals surface area contributed by atoms with Gasteiger partial charge in [0.2, 0.25) is 0 Å². The van der Waals surface area contributed by atoms with Gasteiger partial charge in [-0.25, -0.2) is 14.8 Å². The zero-order valence-electron chi connectivity index (χ0n) is 15.9. The van der Waals surface area contributed by atoms with Gasteiger partial charge in [0.25, 0.3) is 0 Å². The summed E-state index contributed by atoms with van der Waals surface area (Å²) in [7, 11) is 0. The molecular weight excluding hydrogens is 382 g/mol. The topological polar surface area (TPSA) is 85.2 Å². The van der Waals surface area contributed by atoms with E-state index < -0.39 is 0 Å². The summed E-state index contributed by atoms with van der Waals surface area (Å²) in [5, 5.41) is 18.7. The van der Waals surface area contributed by atoms with Gasteiger partial charge in [0.15, 0.2) is 11.6 Å². The number of H-pyrrole nitrogens is 1. The summed E-state index contributed by atoms with van der Waals surface area (Å²) in [5.41, 5.74) is 4.27. The van der Waals surface area contributed by atoms with Crippen molar-refractivity contribution in [3.8, 4) is 34.4 Å². The Hall–Kier alpha value is -3.44. The van der Waals surface area contributed by atoms with E-state index in [4.69, 9.17) is 0 Å². The summed E-state index contributed by atoms with van der Waals surface area (Å²) in [6.07, 6.45) is 0.681. The third-order valence-corrected chi connectivity index (χ3v) is 4.78. The van der Waals surface area contributed by atoms with Crippen LogP contribution in [0.15, 0.2) is 48.5 Å². The lowest BCUT2D eigenvalue weighted by Gasteiger charge is -2.08. The largest absolute Gasteiger partial charge is 0.239 e. The quantitative estimate of drug-likeness (QED) is 0.383. The number of nitrogens with zero attached hydrogens (tertiary/aromatic N) is 6. The van der Waals surface area contributed by atoms with Crippen LogP contribution in [-0.2, 0) is 18.7 Å². The third kappa shape index (κ3) is 4.20. The van der Waals surface area contributed by atoms with Crippen LogP contribution in [0.25, 0.3) is 22.5 Å². The van der Waals surface area contributed by atoms with Crippen molar-refractivity contribution < 1.29 is 0 Å². The Morgan fingerprint density at radius 1 is 1.07 bits per heavy atom. The monoisotopic (exact) mass is 401 g/mol. The van der Waals surface area contributed by atoms with Crippen LogP contribution in [0, 0.1) is 11.8 Å². The van der Waals surface area contributed by atoms with E-state index in [1.807, 2.05) is 29.8 Å². The van der Waals surface area contributed by atoms with Crippen LogP contribution in [0.2, 0.25) is 0 Å². The van der Waals surface area contributed by atoms with Crippen LogP contribution >= 0.6 is 12.6 Å². The smallest absolute Gasteiger partial charge is 0.180 e. The predicted octanol–water partition coefficient (Wildman–Crippen LogP) is 3.17. The van der Waals surface area contributed by atoms with Crippen molar-refractivity contribution >= 4 is 12.6 Å². The maximum absolute atomic E-state index is 4.59. The first kappa shape index (κ1) is 18.9. The fraction of sp³-hybridized carbons (Fsp3) is 0.190. The third-order valence-electron chi connectivity index (χ3n) is 4.49. The number of aromatic amines is 1. The average molecular weight is 401 g/mol. The van der Waals surface area contributed by atoms with Crippen molar-refractivity contribution in [2.75, 3.05) is 0 Å². The van der Waals surface area contributed by atoms with Crippen LogP contribution in [0.3, 0.4) is 0 Å². The molecule has 29 heavy (non-hydrogen) atoms. The van der Waals surface area contributed by atoms with Crippen molar-refractivity contribution in [2.24, 2.45) is 0 Å². The van der Waals surface area contributed by atoms with Gasteiger partial charge in [-0.1, -0.05) is 54.5 Å². The van der Waals surface area contributed by atoms with Gasteiger partial charge in [0.1, 0.15) is 12.4 Å². The van der Waals surface area contributed by atoms with E-state index in [2.05, 4.69) is 85.5 Å². The predicted molar refractivity (Wildman–Crippen MR) is 114 cm³/mol. The second-order valence-electron chi connectivity index (χ2n) is 6.36. The number of benzene rings is 2. The maximum atomic E-state index is 4.59. The van der Waals surface area contributed by atoms with Gasteiger partial charge >= 0.3 is 0 Å². The van der Waals surface area contributed by atoms with Gasteiger partial charge in [-0.05, 0) is 34.0 Å². The van der Waals surface area contributed by atoms with E-state index in [-0.39, 0.29) is 0 Å². The minimum atomic E-state index is 0.506. The first-order valence-electron chi connectivity index (χ1n) is 9.14. The molecule has 4 aromatic rings. The maximum Gasteiger partial charge on any atom is 0.180 e. The zero-order valence-corrected chi connectivity index (χ0v) is 16.8. The molecule has 2 aromatic heterocycles. The number of nitrogens with one attached hydrogen (secondary N) is 1. The van der Waals surface area contributed by atoms with Crippen molar-refractivity contribution in [3.63, 3.8) is 0 Å². The van der Waals surface area contributed by atoms with Crippen molar-refractivity contribution in [3.05, 3.63) is 65.7 Å². The molecule has 4 rings (SSSR count). The number of hydrogen-bond donors (Lipinski definition) is 2. The summed E-state index contributed by atoms with van der Waals surface area (Å²) in [6.45, 7) is 2.35. The molecule has 0 aliphatic heterocycles. The Morgan fingerprint density at radius 2 is 1.86 bits per heavy atom. The van der Waals surface area contributed by atoms with Gasteiger partial charge in [-0.2, -0.15) is 17.7 Å². The first-order valence-corrected chi connectivity index (χ1v) is 9.77. The Labute approximate surface area is 174 Å². The molecule has 0 saturated carbocycles. The van der Waals surface area contributed by atoms with E-state index in [9.17, 15) is 0 Å². The van der Waals surface area contributed by atoms with E-state index in [0.29, 0.717) is 30.4 Å². The fourth-order valence-corrected chi connectivity index (χ4v) is 3.24. The van der Waals surface area contributed by atoms with Gasteiger partial charge in [-0.3, -0.25) is 0 Å². The molecule has 0 spiro atoms. The van der Waals surface area contributed by atoms with E-state index >= 15 is 0 Å². The Morgan fingerprint density at radius 3 is 2.55 bits per heavy atom. The molecule has 0 amide bonds. The molecule has 1 N–H and O–H groups in total. The first-order chi connectivity index (χ1) is 14.3. The Balaban J connectivity index is 1.60. The molecule has 0 fully saturated rings. The highest BCUT2D eigenvalue weighted by molar-refractivity contribution is 7.79. The minimum Gasteiger partial charge on any atom is -0.239 e. The zero-order chi connectivity index (χ0) is 20.1. The van der Waals surface area contributed by atoms with Gasteiger partial charge in [0.05, 0.1) is 5.75 Å². The molecule has 0 saturated heterocycles. The standard InChI is InChI=1S/C21H19N7S/c1-2-3-12-28-20(22-19(14-29)25-28)13-15-8-10-16(11-9-15)17-6-4-5-7-18(17)21-23-26-27-24-21/h4-11,29H,12-14H2,1H3,(H,23,24,26,27). The molecule has 0 aliphatic rings. The lowest BCUT2D eigenvalue weighted by atomic mass is 9.98. The molecule has 0 aliphatic carbocycles. The van der Waals surface area contributed by atoms with Gasteiger partial charge in [-0.15, -0.1) is 11.0 Å². The highest BCUT2D eigenvalue weighted by Crippen LogP contribution is 2.29. The second kappa shape index (κ2) is 8.71. The van der Waals surface area contributed by atoms with Gasteiger partial charge in [0, 0.05) is 12.0 Å². The molecule has 144 valence electrons. The SMILES string of the molecule is CC#CCn1nc(CS)nc1Cc1ccc(-c2ccccc2-c2nnn[nH]2)cc1. The molecule has 0 unspecified atom stereocenters. The minimum absolute atomic E-state index is 0.506. The number of hydrogen-bond acceptors (Lipinski definition) is 6. The van der Waals surface area contributed by atoms with Crippen molar-refractivity contribution in [1.29, 1.82) is 0 Å². The second-order valence-corrected chi connectivity index (χ2v) is 6.67. The van der Waals surface area contributed by atoms with Crippen LogP contribution in [0.1, 0.15) is 24.1 Å². The van der Waals surface area contributed by atoms with Gasteiger partial charge < -0.3 is 0 Å². The van der Waals surface area contributed by atoms with E-state index in [1.165, 1.54) is 0 Å². The average Bonchev–Trinajstić information content (AvgIpc) is 3.43. The van der Waals surface area contributed by atoms with Crippen molar-refractivity contribution in [2.45, 2.75) is 25.6 Å². The number of aromatic nitrogens is 7. The van der Waals surface area contributed by atoms with Crippen LogP contribution in [0.5, 0.6) is 0 Å². The van der Waals surface area contributed by atoms with Crippen LogP contribution < -0.4 is 0 Å². The molecule has 0 atom stereocenters. The highest BCUT2D eigenvalue weighted by atomic mass is 32.1. The van der Waals surface area contributed by atoms with Crippen molar-refractivity contribution in [1.82, 2.24) is 35.4 Å². The summed E-state index contributed by atoms with van der Waals surface area (Å²) in [6, 6.07) is 16.5. The van der Waals surface area contributed by atoms with E-state index in [1.54, 1.807) is 0 Å². The number of thiol groups is 1. The molecule has 0 bridgehead atoms. The Bertz CT molecular complexity index is 1150. The summed E-state index contributed by atoms with van der Waals surface area (Å²) < 4.78 is 1.85. The molecule has 2 heterocycles. The number of tetrazole rings is 1. The molecule has 2 aromatic carbocycles. The van der Waals surface area contributed by atoms with Crippen LogP contribution in [0.4, 0.5) is 0 Å². The molecule has 8 heteroatoms. The normalized spacial score (nSPS) is 10.6. The molecule has 7 nitrogen and oxygen atoms in total. The molecular formula is C21H19N7S. The highest BCUT2D eigenvalue weighted by Gasteiger charge is 2.12. The fourth-order valence-electron chi connectivity index (χ4n) is 3.10. The lowest BCUT2D eigenvalue weighted by molar-refractivity contribution is 0.667. The number of rotatable bonds is 6. The Kier molecular flexibility index (Phi) is 5.68. The lowest BCUT2D eigenvalue weighted by Crippen LogP contribution is -2.05. The summed E-state index contributed by atoms with van der Waals surface area (Å²) >= 11 is 4.29. The van der Waals surface area contributed by atoms with E-state index in [0.717, 1.165) is 28.1 Å². The summed E-state index contributed by atoms with van der Waals surface area (Å²) in [4.78, 5) is 4.59. The van der Waals surface area contributed by atoms with Crippen LogP contribution in [-0.4, -0.2) is 35.4 Å². The summed E-state index contributed by atoms with van der Waals surface area (Å²) in [5.74, 6) is 8.70.